The van der Waals surface area contributed by atoms with Crippen LogP contribution in [-0.4, -0.2) is 17.8 Å². The average molecular weight is 218 g/mol. The molecule has 1 atom stereocenters. The molecule has 0 fully saturated rings. The zero-order chi connectivity index (χ0) is 9.68. The van der Waals surface area contributed by atoms with Gasteiger partial charge in [0.2, 0.25) is 0 Å². The van der Waals surface area contributed by atoms with E-state index >= 15 is 0 Å². The van der Waals surface area contributed by atoms with Crippen molar-refractivity contribution in [2.45, 2.75) is 18.7 Å². The lowest BCUT2D eigenvalue weighted by Crippen LogP contribution is -2.29. The predicted octanol–water partition coefficient (Wildman–Crippen LogP) is 2.50. The Labute approximate surface area is 86.9 Å². The van der Waals surface area contributed by atoms with Gasteiger partial charge in [-0.3, -0.25) is 4.79 Å². The molecule has 1 aromatic heterocycles. The van der Waals surface area contributed by atoms with Gasteiger partial charge >= 0.3 is 0 Å². The van der Waals surface area contributed by atoms with E-state index in [2.05, 4.69) is 5.32 Å². The van der Waals surface area contributed by atoms with Crippen LogP contribution in [0, 0.1) is 0 Å². The van der Waals surface area contributed by atoms with E-state index in [4.69, 9.17) is 11.6 Å². The molecule has 0 aliphatic heterocycles. The summed E-state index contributed by atoms with van der Waals surface area (Å²) in [5.74, 6) is -0.0413. The van der Waals surface area contributed by atoms with Crippen LogP contribution < -0.4 is 5.32 Å². The van der Waals surface area contributed by atoms with Gasteiger partial charge in [-0.05, 0) is 17.9 Å². The first kappa shape index (κ1) is 10.5. The molecule has 2 nitrogen and oxygen atoms in total. The van der Waals surface area contributed by atoms with Gasteiger partial charge in [0.1, 0.15) is 0 Å². The number of hydrogen-bond donors (Lipinski definition) is 1. The number of rotatable bonds is 4. The Balaban J connectivity index is 2.35. The van der Waals surface area contributed by atoms with E-state index in [9.17, 15) is 4.79 Å². The molecule has 0 saturated heterocycles. The summed E-state index contributed by atoms with van der Waals surface area (Å²) in [6.45, 7) is 2.53. The first-order valence-electron chi connectivity index (χ1n) is 4.18. The summed E-state index contributed by atoms with van der Waals surface area (Å²) in [6.07, 6.45) is 0.867. The summed E-state index contributed by atoms with van der Waals surface area (Å²) in [4.78, 5) is 11.4. The molecule has 0 bridgehead atoms. The van der Waals surface area contributed by atoms with Crippen LogP contribution in [0.2, 0.25) is 0 Å². The number of thiophene rings is 1. The first-order chi connectivity index (χ1) is 6.24. The summed E-state index contributed by atoms with van der Waals surface area (Å²) in [5.41, 5.74) is 0.713. The minimum atomic E-state index is -0.0413. The molecule has 1 amide bonds. The van der Waals surface area contributed by atoms with Crippen molar-refractivity contribution in [2.75, 3.05) is 6.54 Å². The van der Waals surface area contributed by atoms with Crippen LogP contribution in [0.1, 0.15) is 23.7 Å². The van der Waals surface area contributed by atoms with E-state index in [1.165, 1.54) is 11.3 Å². The summed E-state index contributed by atoms with van der Waals surface area (Å²) in [7, 11) is 0. The number of hydrogen-bond acceptors (Lipinski definition) is 2. The van der Waals surface area contributed by atoms with Crippen molar-refractivity contribution in [3.05, 3.63) is 22.4 Å². The van der Waals surface area contributed by atoms with Crippen LogP contribution in [0.4, 0.5) is 0 Å². The highest BCUT2D eigenvalue weighted by Crippen LogP contribution is 2.06. The minimum absolute atomic E-state index is 0.0302. The lowest BCUT2D eigenvalue weighted by Gasteiger charge is -2.07. The highest BCUT2D eigenvalue weighted by molar-refractivity contribution is 7.08. The normalized spacial score (nSPS) is 12.5. The molecule has 0 aliphatic rings. The van der Waals surface area contributed by atoms with Gasteiger partial charge < -0.3 is 5.32 Å². The van der Waals surface area contributed by atoms with Crippen LogP contribution in [0.5, 0.6) is 0 Å². The van der Waals surface area contributed by atoms with Crippen molar-refractivity contribution in [1.29, 1.82) is 0 Å². The van der Waals surface area contributed by atoms with E-state index in [-0.39, 0.29) is 11.3 Å². The van der Waals surface area contributed by atoms with E-state index in [1.54, 1.807) is 6.07 Å². The maximum absolute atomic E-state index is 11.4. The summed E-state index contributed by atoms with van der Waals surface area (Å²) in [5, 5.41) is 6.51. The van der Waals surface area contributed by atoms with Crippen LogP contribution in [0.3, 0.4) is 0 Å². The highest BCUT2D eigenvalue weighted by Gasteiger charge is 2.07. The third-order valence-electron chi connectivity index (χ3n) is 1.71. The second kappa shape index (κ2) is 5.25. The van der Waals surface area contributed by atoms with Crippen molar-refractivity contribution in [2.24, 2.45) is 0 Å². The van der Waals surface area contributed by atoms with Crippen molar-refractivity contribution in [3.8, 4) is 0 Å². The quantitative estimate of drug-likeness (QED) is 0.772. The molecule has 1 rings (SSSR count). The zero-order valence-corrected chi connectivity index (χ0v) is 8.99. The van der Waals surface area contributed by atoms with Gasteiger partial charge in [0.25, 0.3) is 5.91 Å². The highest BCUT2D eigenvalue weighted by atomic mass is 35.5. The van der Waals surface area contributed by atoms with Crippen molar-refractivity contribution >= 4 is 28.8 Å². The largest absolute Gasteiger partial charge is 0.351 e. The number of halogens is 1. The maximum Gasteiger partial charge on any atom is 0.252 e. The fraction of sp³-hybridized carbons (Fsp3) is 0.444. The number of carbonyl (C=O) groups is 1. The van der Waals surface area contributed by atoms with Gasteiger partial charge in [-0.15, -0.1) is 11.6 Å². The number of nitrogens with one attached hydrogen (secondary N) is 1. The molecule has 1 unspecified atom stereocenters. The van der Waals surface area contributed by atoms with E-state index in [1.807, 2.05) is 17.7 Å². The van der Waals surface area contributed by atoms with Gasteiger partial charge in [-0.2, -0.15) is 11.3 Å². The molecule has 72 valence electrons. The Morgan fingerprint density at radius 3 is 3.08 bits per heavy atom. The van der Waals surface area contributed by atoms with E-state index in [0.29, 0.717) is 12.1 Å². The molecule has 0 saturated carbocycles. The predicted molar refractivity (Wildman–Crippen MR) is 56.6 cm³/mol. The molecule has 4 heteroatoms. The molecule has 1 aromatic rings. The topological polar surface area (TPSA) is 29.1 Å². The maximum atomic E-state index is 11.4. The lowest BCUT2D eigenvalue weighted by molar-refractivity contribution is 0.0954. The average Bonchev–Trinajstić information content (AvgIpc) is 2.66. The summed E-state index contributed by atoms with van der Waals surface area (Å²) >= 11 is 7.37. The third-order valence-corrected chi connectivity index (χ3v) is 2.86. The first-order valence-corrected chi connectivity index (χ1v) is 5.56. The van der Waals surface area contributed by atoms with Crippen LogP contribution in [0.15, 0.2) is 16.8 Å². The summed E-state index contributed by atoms with van der Waals surface area (Å²) < 4.78 is 0. The standard InChI is InChI=1S/C9H12ClNOS/c1-2-8(10)5-11-9(12)7-3-4-13-6-7/h3-4,6,8H,2,5H2,1H3,(H,11,12). The van der Waals surface area contributed by atoms with Gasteiger partial charge in [-0.25, -0.2) is 0 Å². The van der Waals surface area contributed by atoms with Gasteiger partial charge in [0.05, 0.1) is 5.38 Å². The minimum Gasteiger partial charge on any atom is -0.351 e. The molecule has 0 aliphatic carbocycles. The van der Waals surface area contributed by atoms with Gasteiger partial charge in [0.15, 0.2) is 0 Å². The smallest absolute Gasteiger partial charge is 0.252 e. The Morgan fingerprint density at radius 1 is 1.77 bits per heavy atom. The van der Waals surface area contributed by atoms with E-state index < -0.39 is 0 Å². The van der Waals surface area contributed by atoms with Crippen LogP contribution in [0.25, 0.3) is 0 Å². The van der Waals surface area contributed by atoms with E-state index in [0.717, 1.165) is 6.42 Å². The fourth-order valence-electron chi connectivity index (χ4n) is 0.844. The lowest BCUT2D eigenvalue weighted by atomic mass is 10.3. The Hall–Kier alpha value is -0.540. The second-order valence-corrected chi connectivity index (χ2v) is 4.12. The summed E-state index contributed by atoms with van der Waals surface area (Å²) in [6, 6.07) is 1.80. The number of amides is 1. The number of carbonyl (C=O) groups excluding carboxylic acids is 1. The van der Waals surface area contributed by atoms with Crippen molar-refractivity contribution in [1.82, 2.24) is 5.32 Å². The second-order valence-electron chi connectivity index (χ2n) is 2.73. The molecular formula is C9H12ClNOS. The number of alkyl halides is 1. The molecule has 1 heterocycles. The SMILES string of the molecule is CCC(Cl)CNC(=O)c1ccsc1. The molecule has 0 aromatic carbocycles. The molecule has 0 radical (unpaired) electrons. The molecular weight excluding hydrogens is 206 g/mol. The monoisotopic (exact) mass is 217 g/mol. The van der Waals surface area contributed by atoms with Crippen LogP contribution >= 0.6 is 22.9 Å². The Kier molecular flexibility index (Phi) is 4.25. The van der Waals surface area contributed by atoms with Crippen molar-refractivity contribution in [3.63, 3.8) is 0 Å². The van der Waals surface area contributed by atoms with Crippen molar-refractivity contribution < 1.29 is 4.79 Å². The van der Waals surface area contributed by atoms with Gasteiger partial charge in [0, 0.05) is 17.5 Å². The van der Waals surface area contributed by atoms with Gasteiger partial charge in [-0.1, -0.05) is 6.92 Å². The Bertz CT molecular complexity index is 261. The molecule has 0 spiro atoms. The fourth-order valence-corrected chi connectivity index (χ4v) is 1.56. The molecule has 1 N–H and O–H groups in total. The third kappa shape index (κ3) is 3.36. The molecule has 13 heavy (non-hydrogen) atoms. The zero-order valence-electron chi connectivity index (χ0n) is 7.42. The Morgan fingerprint density at radius 2 is 2.54 bits per heavy atom. The van der Waals surface area contributed by atoms with Crippen LogP contribution in [-0.2, 0) is 0 Å².